The minimum atomic E-state index is -0.0552. The van der Waals surface area contributed by atoms with E-state index in [0.29, 0.717) is 20.8 Å². The zero-order chi connectivity index (χ0) is 14.8. The highest BCUT2D eigenvalue weighted by atomic mass is 35.5. The van der Waals surface area contributed by atoms with Gasteiger partial charge in [0.2, 0.25) is 0 Å². The molecule has 0 radical (unpaired) electrons. The maximum Gasteiger partial charge on any atom is 0.266 e. The molecule has 3 rings (SSSR count). The van der Waals surface area contributed by atoms with Gasteiger partial charge in [-0.2, -0.15) is 0 Å². The number of carbonyl (C=O) groups excluding carboxylic acids is 1. The number of halogens is 1. The maximum atomic E-state index is 12.5. The van der Waals surface area contributed by atoms with Gasteiger partial charge in [0.15, 0.2) is 0 Å². The summed E-state index contributed by atoms with van der Waals surface area (Å²) in [7, 11) is 0. The summed E-state index contributed by atoms with van der Waals surface area (Å²) < 4.78 is 6.17. The number of amides is 1. The van der Waals surface area contributed by atoms with Crippen LogP contribution in [0.5, 0.6) is 0 Å². The van der Waals surface area contributed by atoms with Gasteiger partial charge < -0.3 is 4.74 Å². The largest absolute Gasteiger partial charge is 0.376 e. The summed E-state index contributed by atoms with van der Waals surface area (Å²) in [5.41, 5.74) is 0.830. The molecule has 0 spiro atoms. The Balaban J connectivity index is 1.78. The third-order valence-electron chi connectivity index (χ3n) is 3.48. The van der Waals surface area contributed by atoms with Crippen molar-refractivity contribution in [3.63, 3.8) is 0 Å². The Morgan fingerprint density at radius 2 is 2.29 bits per heavy atom. The van der Waals surface area contributed by atoms with Gasteiger partial charge in [0, 0.05) is 11.6 Å². The van der Waals surface area contributed by atoms with Crippen LogP contribution >= 0.6 is 35.6 Å². The molecule has 110 valence electrons. The van der Waals surface area contributed by atoms with E-state index in [4.69, 9.17) is 28.6 Å². The fraction of sp³-hybridized carbons (Fsp3) is 0.333. The number of hydrogen-bond donors (Lipinski definition) is 0. The predicted molar refractivity (Wildman–Crippen MR) is 90.3 cm³/mol. The molecule has 2 saturated heterocycles. The number of ether oxygens (including phenoxy) is 1. The third kappa shape index (κ3) is 3.31. The van der Waals surface area contributed by atoms with Gasteiger partial charge in [-0.05, 0) is 30.5 Å². The van der Waals surface area contributed by atoms with Crippen molar-refractivity contribution < 1.29 is 9.53 Å². The number of nitrogens with zero attached hydrogens (tertiary/aromatic N) is 1. The first-order chi connectivity index (χ1) is 10.1. The van der Waals surface area contributed by atoms with E-state index in [1.165, 1.54) is 11.8 Å². The Morgan fingerprint density at radius 1 is 1.48 bits per heavy atom. The lowest BCUT2D eigenvalue weighted by molar-refractivity contribution is -0.123. The lowest BCUT2D eigenvalue weighted by atomic mass is 10.2. The predicted octanol–water partition coefficient (Wildman–Crippen LogP) is 3.72. The first-order valence-electron chi connectivity index (χ1n) is 6.76. The topological polar surface area (TPSA) is 29.5 Å². The van der Waals surface area contributed by atoms with Crippen molar-refractivity contribution in [2.75, 3.05) is 13.2 Å². The molecule has 1 atom stereocenters. The summed E-state index contributed by atoms with van der Waals surface area (Å²) in [5.74, 6) is -0.0552. The molecule has 0 saturated carbocycles. The van der Waals surface area contributed by atoms with Crippen LogP contribution in [-0.4, -0.2) is 34.4 Å². The van der Waals surface area contributed by atoms with E-state index < -0.39 is 0 Å². The van der Waals surface area contributed by atoms with Crippen LogP contribution in [0.25, 0.3) is 6.08 Å². The lowest BCUT2D eigenvalue weighted by Crippen LogP contribution is -2.35. The summed E-state index contributed by atoms with van der Waals surface area (Å²) in [6, 6.07) is 7.45. The Bertz CT molecular complexity index is 611. The normalized spacial score (nSPS) is 24.3. The van der Waals surface area contributed by atoms with Gasteiger partial charge in [-0.25, -0.2) is 0 Å². The average Bonchev–Trinajstić information content (AvgIpc) is 3.06. The van der Waals surface area contributed by atoms with E-state index >= 15 is 0 Å². The summed E-state index contributed by atoms with van der Waals surface area (Å²) in [5, 5.41) is 0.627. The van der Waals surface area contributed by atoms with E-state index in [1.807, 2.05) is 18.2 Å². The molecule has 0 N–H and O–H groups in total. The Hall–Kier alpha value is -0.880. The summed E-state index contributed by atoms with van der Waals surface area (Å²) in [6.07, 6.45) is 3.94. The molecule has 3 nitrogen and oxygen atoms in total. The highest BCUT2D eigenvalue weighted by Gasteiger charge is 2.34. The number of hydrogen-bond acceptors (Lipinski definition) is 4. The second-order valence-electron chi connectivity index (χ2n) is 4.95. The second kappa shape index (κ2) is 6.48. The number of benzene rings is 1. The van der Waals surface area contributed by atoms with Crippen molar-refractivity contribution >= 4 is 51.9 Å². The minimum absolute atomic E-state index is 0.0552. The number of thioether (sulfide) groups is 1. The van der Waals surface area contributed by atoms with Gasteiger partial charge in [0.05, 0.1) is 17.6 Å². The molecule has 0 aromatic heterocycles. The summed E-state index contributed by atoms with van der Waals surface area (Å²) in [4.78, 5) is 14.7. The molecule has 0 bridgehead atoms. The van der Waals surface area contributed by atoms with Gasteiger partial charge in [-0.1, -0.05) is 53.8 Å². The Morgan fingerprint density at radius 3 is 3.00 bits per heavy atom. The van der Waals surface area contributed by atoms with Gasteiger partial charge in [0.1, 0.15) is 4.32 Å². The highest BCUT2D eigenvalue weighted by Crippen LogP contribution is 2.34. The molecule has 1 aromatic carbocycles. The fourth-order valence-corrected chi connectivity index (χ4v) is 3.84. The van der Waals surface area contributed by atoms with Gasteiger partial charge in [0.25, 0.3) is 5.91 Å². The summed E-state index contributed by atoms with van der Waals surface area (Å²) >= 11 is 12.8. The van der Waals surface area contributed by atoms with E-state index in [0.717, 1.165) is 25.0 Å². The highest BCUT2D eigenvalue weighted by molar-refractivity contribution is 8.26. The molecule has 1 aromatic rings. The monoisotopic (exact) mass is 339 g/mol. The minimum Gasteiger partial charge on any atom is -0.376 e. The van der Waals surface area contributed by atoms with Crippen LogP contribution in [0, 0.1) is 0 Å². The first kappa shape index (κ1) is 15.0. The van der Waals surface area contributed by atoms with E-state index in [2.05, 4.69) is 0 Å². The van der Waals surface area contributed by atoms with Gasteiger partial charge in [-0.3, -0.25) is 9.69 Å². The van der Waals surface area contributed by atoms with Crippen molar-refractivity contribution in [2.24, 2.45) is 0 Å². The van der Waals surface area contributed by atoms with Crippen molar-refractivity contribution in [2.45, 2.75) is 18.9 Å². The smallest absolute Gasteiger partial charge is 0.266 e. The van der Waals surface area contributed by atoms with Crippen LogP contribution in [0.4, 0.5) is 0 Å². The molecule has 2 aliphatic heterocycles. The fourth-order valence-electron chi connectivity index (χ4n) is 2.38. The molecule has 2 heterocycles. The maximum absolute atomic E-state index is 12.5. The standard InChI is InChI=1S/C15H14ClNO2S2/c16-12-6-2-1-4-10(12)8-13-14(18)17(15(20)21-13)9-11-5-3-7-19-11/h1-2,4,6,8,11H,3,5,7,9H2/b13-8-/t11-/m1/s1. The molecule has 6 heteroatoms. The van der Waals surface area contributed by atoms with E-state index in [-0.39, 0.29) is 12.0 Å². The van der Waals surface area contributed by atoms with Crippen LogP contribution in [0.2, 0.25) is 5.02 Å². The quantitative estimate of drug-likeness (QED) is 0.620. The van der Waals surface area contributed by atoms with E-state index in [1.54, 1.807) is 17.0 Å². The Kier molecular flexibility index (Phi) is 4.64. The van der Waals surface area contributed by atoms with E-state index in [9.17, 15) is 4.79 Å². The molecule has 2 aliphatic rings. The van der Waals surface area contributed by atoms with Crippen LogP contribution in [0.1, 0.15) is 18.4 Å². The number of thiocarbonyl (C=S) groups is 1. The van der Waals surface area contributed by atoms with Gasteiger partial charge in [-0.15, -0.1) is 0 Å². The number of rotatable bonds is 3. The zero-order valence-corrected chi connectivity index (χ0v) is 13.6. The first-order valence-corrected chi connectivity index (χ1v) is 8.37. The Labute approximate surface area is 138 Å². The van der Waals surface area contributed by atoms with Crippen LogP contribution in [0.3, 0.4) is 0 Å². The molecule has 2 fully saturated rings. The molecule has 21 heavy (non-hydrogen) atoms. The molecule has 0 unspecified atom stereocenters. The van der Waals surface area contributed by atoms with Gasteiger partial charge >= 0.3 is 0 Å². The zero-order valence-electron chi connectivity index (χ0n) is 11.3. The molecular formula is C15H14ClNO2S2. The van der Waals surface area contributed by atoms with Crippen molar-refractivity contribution in [3.8, 4) is 0 Å². The SMILES string of the molecule is O=C1/C(=C/c2ccccc2Cl)SC(=S)N1C[C@H]1CCCO1. The third-order valence-corrected chi connectivity index (χ3v) is 5.20. The molecule has 1 amide bonds. The van der Waals surface area contributed by atoms with Crippen LogP contribution in [0.15, 0.2) is 29.2 Å². The van der Waals surface area contributed by atoms with Crippen molar-refractivity contribution in [1.82, 2.24) is 4.90 Å². The average molecular weight is 340 g/mol. The van der Waals surface area contributed by atoms with Crippen molar-refractivity contribution in [1.29, 1.82) is 0 Å². The van der Waals surface area contributed by atoms with Crippen molar-refractivity contribution in [3.05, 3.63) is 39.8 Å². The molecule has 0 aliphatic carbocycles. The summed E-state index contributed by atoms with van der Waals surface area (Å²) in [6.45, 7) is 1.32. The second-order valence-corrected chi connectivity index (χ2v) is 7.03. The number of carbonyl (C=O) groups is 1. The molecular weight excluding hydrogens is 326 g/mol. The van der Waals surface area contributed by atoms with Crippen LogP contribution < -0.4 is 0 Å². The lowest BCUT2D eigenvalue weighted by Gasteiger charge is -2.18. The van der Waals surface area contributed by atoms with Crippen LogP contribution in [-0.2, 0) is 9.53 Å².